The van der Waals surface area contributed by atoms with E-state index in [-0.39, 0.29) is 10.9 Å². The maximum atomic E-state index is 12.2. The van der Waals surface area contributed by atoms with Crippen LogP contribution in [-0.4, -0.2) is 36.2 Å². The lowest BCUT2D eigenvalue weighted by atomic mass is 10.1. The number of rotatable bonds is 11. The van der Waals surface area contributed by atoms with Crippen LogP contribution in [0.2, 0.25) is 0 Å². The fourth-order valence-corrected chi connectivity index (χ4v) is 6.11. The molecule has 0 aliphatic rings. The molecule has 0 unspecified atom stereocenters. The van der Waals surface area contributed by atoms with Gasteiger partial charge in [-0.05, 0) is 54.8 Å². The third kappa shape index (κ3) is 8.22. The molecule has 232 valence electrons. The van der Waals surface area contributed by atoms with Crippen molar-refractivity contribution in [2.24, 2.45) is 0 Å². The van der Waals surface area contributed by atoms with Crippen molar-refractivity contribution in [1.29, 1.82) is 0 Å². The largest absolute Gasteiger partial charge is 0.743 e. The predicted octanol–water partition coefficient (Wildman–Crippen LogP) is 8.86. The summed E-state index contributed by atoms with van der Waals surface area (Å²) in [4.78, 5) is 4.16. The van der Waals surface area contributed by atoms with Gasteiger partial charge in [0.15, 0.2) is 24.8 Å². The Labute approximate surface area is 240 Å². The number of hydrogen-bond acceptors (Lipinski definition) is 3. The molecule has 3 aromatic rings. The maximum Gasteiger partial charge on any atom is 0.460 e. The van der Waals surface area contributed by atoms with Gasteiger partial charge in [0, 0.05) is 0 Å². The zero-order valence-electron chi connectivity index (χ0n) is 22.1. The second-order valence-electron chi connectivity index (χ2n) is 9.00. The zero-order valence-corrected chi connectivity index (χ0v) is 23.7. The Morgan fingerprint density at radius 2 is 1.05 bits per heavy atom. The molecule has 3 rings (SSSR count). The van der Waals surface area contributed by atoms with E-state index in [0.29, 0.717) is 0 Å². The van der Waals surface area contributed by atoms with Crippen molar-refractivity contribution in [2.45, 2.75) is 77.0 Å². The van der Waals surface area contributed by atoms with Gasteiger partial charge in [-0.25, -0.2) is 8.42 Å². The molecule has 0 radical (unpaired) electrons. The van der Waals surface area contributed by atoms with Crippen molar-refractivity contribution < 1.29 is 52.5 Å². The molecule has 3 nitrogen and oxygen atoms in total. The molecule has 3 aromatic carbocycles. The highest BCUT2D eigenvalue weighted by molar-refractivity contribution is 7.97. The van der Waals surface area contributed by atoms with Crippen LogP contribution in [0.25, 0.3) is 0 Å². The smallest absolute Gasteiger partial charge is 0.460 e. The number of unbranched alkanes of at least 4 members (excludes halogenated alkanes) is 3. The molecule has 0 heterocycles. The third-order valence-corrected chi connectivity index (χ3v) is 8.98. The summed E-state index contributed by atoms with van der Waals surface area (Å²) >= 11 is 0. The first-order chi connectivity index (χ1) is 19.4. The molecule has 0 saturated carbocycles. The lowest BCUT2D eigenvalue weighted by Crippen LogP contribution is -2.63. The molecular weight excluding hydrogens is 619 g/mol. The quantitative estimate of drug-likeness (QED) is 0.0906. The van der Waals surface area contributed by atoms with Crippen molar-refractivity contribution in [2.75, 3.05) is 0 Å². The van der Waals surface area contributed by atoms with Crippen LogP contribution in [0.4, 0.5) is 39.5 Å². The fraction of sp³-hybridized carbons (Fsp3) is 0.357. The minimum atomic E-state index is -7.43. The summed E-state index contributed by atoms with van der Waals surface area (Å²) in [5.74, 6) is -14.8. The molecule has 0 aromatic heterocycles. The molecule has 0 bridgehead atoms. The zero-order chi connectivity index (χ0) is 31.8. The highest BCUT2D eigenvalue weighted by atomic mass is 32.2. The summed E-state index contributed by atoms with van der Waals surface area (Å²) < 4.78 is 135. The van der Waals surface area contributed by atoms with E-state index in [0.717, 1.165) is 0 Å². The van der Waals surface area contributed by atoms with Gasteiger partial charge in [-0.3, -0.25) is 0 Å². The van der Waals surface area contributed by atoms with Gasteiger partial charge in [-0.2, -0.15) is 39.5 Å². The Balaban J connectivity index is 0.000000319. The Kier molecular flexibility index (Phi) is 12.0. The van der Waals surface area contributed by atoms with E-state index in [1.165, 1.54) is 52.4 Å². The topological polar surface area (TPSA) is 57.2 Å². The van der Waals surface area contributed by atoms with E-state index in [1.807, 2.05) is 0 Å². The Hall–Kier alpha value is -2.71. The number of aryl methyl sites for hydroxylation is 1. The average molecular weight is 647 g/mol. The van der Waals surface area contributed by atoms with Gasteiger partial charge in [0.1, 0.15) is 0 Å². The molecule has 0 N–H and O–H groups in total. The molecule has 0 spiro atoms. The van der Waals surface area contributed by atoms with Gasteiger partial charge in [-0.1, -0.05) is 74.7 Å². The molecule has 0 aliphatic heterocycles. The standard InChI is InChI=1S/C24H27S.C4HF9O3S/c1-2-3-4-7-12-21-17-19-24(20-18-21)25(22-13-8-5-9-14-22)23-15-10-6-11-16-23;5-1(6,3(9,10)11)2(7,8)4(12,13)17(14,15)16/h5-6,8-11,13-20H,2-4,7,12H2,1H3;(H,14,15,16)/q+1;/p-1. The highest BCUT2D eigenvalue weighted by Gasteiger charge is 2.83. The summed E-state index contributed by atoms with van der Waals surface area (Å²) in [7, 11) is -7.45. The minimum Gasteiger partial charge on any atom is -0.743 e. The molecule has 0 amide bonds. The first kappa shape index (κ1) is 35.5. The fourth-order valence-electron chi connectivity index (χ4n) is 3.59. The van der Waals surface area contributed by atoms with Crippen LogP contribution in [0, 0.1) is 0 Å². The molecular formula is C28H27F9O3S2. The van der Waals surface area contributed by atoms with Crippen LogP contribution >= 0.6 is 0 Å². The predicted molar refractivity (Wildman–Crippen MR) is 140 cm³/mol. The van der Waals surface area contributed by atoms with Crippen LogP contribution in [0.15, 0.2) is 99.6 Å². The molecule has 14 heteroatoms. The van der Waals surface area contributed by atoms with Gasteiger partial charge in [-0.15, -0.1) is 0 Å². The van der Waals surface area contributed by atoms with E-state index >= 15 is 0 Å². The minimum absolute atomic E-state index is 0.0317. The van der Waals surface area contributed by atoms with Gasteiger partial charge in [0.05, 0.1) is 10.9 Å². The lowest BCUT2D eigenvalue weighted by Gasteiger charge is -2.34. The number of hydrogen-bond donors (Lipinski definition) is 0. The van der Waals surface area contributed by atoms with Crippen molar-refractivity contribution in [1.82, 2.24) is 0 Å². The Morgan fingerprint density at radius 3 is 1.43 bits per heavy atom. The first-order valence-corrected chi connectivity index (χ1v) is 15.1. The highest BCUT2D eigenvalue weighted by Crippen LogP contribution is 2.54. The van der Waals surface area contributed by atoms with Crippen molar-refractivity contribution in [3.8, 4) is 0 Å². The van der Waals surface area contributed by atoms with E-state index in [1.54, 1.807) is 0 Å². The van der Waals surface area contributed by atoms with E-state index in [9.17, 15) is 52.5 Å². The number of halogens is 9. The molecule has 0 atom stereocenters. The first-order valence-electron chi connectivity index (χ1n) is 12.5. The summed E-state index contributed by atoms with van der Waals surface area (Å²) in [6.07, 6.45) is -0.665. The maximum absolute atomic E-state index is 12.2. The van der Waals surface area contributed by atoms with Crippen LogP contribution in [0.3, 0.4) is 0 Å². The molecule has 0 fully saturated rings. The van der Waals surface area contributed by atoms with Gasteiger partial charge in [0.2, 0.25) is 0 Å². The second-order valence-corrected chi connectivity index (χ2v) is 12.5. The van der Waals surface area contributed by atoms with E-state index in [4.69, 9.17) is 0 Å². The van der Waals surface area contributed by atoms with Crippen LogP contribution < -0.4 is 0 Å². The second kappa shape index (κ2) is 14.2. The average Bonchev–Trinajstić information content (AvgIpc) is 2.92. The number of benzene rings is 3. The summed E-state index contributed by atoms with van der Waals surface area (Å²) in [5.41, 5.74) is 1.46. The Morgan fingerprint density at radius 1 is 0.619 bits per heavy atom. The van der Waals surface area contributed by atoms with E-state index in [2.05, 4.69) is 91.9 Å². The van der Waals surface area contributed by atoms with Gasteiger partial charge in [0.25, 0.3) is 0 Å². The van der Waals surface area contributed by atoms with Crippen LogP contribution in [-0.2, 0) is 27.4 Å². The summed E-state index contributed by atoms with van der Waals surface area (Å²) in [5, 5.41) is -7.11. The van der Waals surface area contributed by atoms with Crippen molar-refractivity contribution in [3.05, 3.63) is 90.5 Å². The summed E-state index contributed by atoms with van der Waals surface area (Å²) in [6, 6.07) is 31.0. The SMILES string of the molecule is CCCCCCc1ccc([S+](c2ccccc2)c2ccccc2)cc1.O=S(=O)([O-])C(F)(F)C(F)(F)C(F)(F)C(F)(F)F. The van der Waals surface area contributed by atoms with Crippen LogP contribution in [0.1, 0.15) is 38.2 Å². The normalized spacial score (nSPS) is 13.0. The van der Waals surface area contributed by atoms with Crippen molar-refractivity contribution >= 4 is 21.0 Å². The third-order valence-electron chi connectivity index (χ3n) is 5.87. The number of alkyl halides is 9. The van der Waals surface area contributed by atoms with Gasteiger partial charge >= 0.3 is 23.3 Å². The van der Waals surface area contributed by atoms with Crippen LogP contribution in [0.5, 0.6) is 0 Å². The summed E-state index contributed by atoms with van der Waals surface area (Å²) in [6.45, 7) is 2.27. The molecule has 42 heavy (non-hydrogen) atoms. The van der Waals surface area contributed by atoms with E-state index < -0.39 is 33.4 Å². The lowest BCUT2D eigenvalue weighted by molar-refractivity contribution is -0.382. The molecule has 0 saturated heterocycles. The molecule has 0 aliphatic carbocycles. The van der Waals surface area contributed by atoms with Crippen molar-refractivity contribution in [3.63, 3.8) is 0 Å². The van der Waals surface area contributed by atoms with Gasteiger partial charge < -0.3 is 4.55 Å². The monoisotopic (exact) mass is 646 g/mol. The Bertz CT molecular complexity index is 1310.